The zero-order valence-corrected chi connectivity index (χ0v) is 10.6. The van der Waals surface area contributed by atoms with Crippen LogP contribution in [-0.2, 0) is 4.79 Å². The molecule has 0 bridgehead atoms. The highest BCUT2D eigenvalue weighted by molar-refractivity contribution is 6.01. The molecule has 0 spiro atoms. The molecular weight excluding hydrogens is 236 g/mol. The van der Waals surface area contributed by atoms with E-state index in [-0.39, 0.29) is 12.5 Å². The average molecular weight is 252 g/mol. The Morgan fingerprint density at radius 1 is 1.50 bits per heavy atom. The summed E-state index contributed by atoms with van der Waals surface area (Å²) in [5, 5.41) is 14.4. The molecule has 0 radical (unpaired) electrons. The number of hydrogen-bond acceptors (Lipinski definition) is 5. The molecule has 0 aliphatic rings. The van der Waals surface area contributed by atoms with Crippen LogP contribution >= 0.6 is 0 Å². The molecule has 0 aliphatic heterocycles. The van der Waals surface area contributed by atoms with Crippen LogP contribution in [0.2, 0.25) is 0 Å². The van der Waals surface area contributed by atoms with Crippen LogP contribution in [0.3, 0.4) is 0 Å². The van der Waals surface area contributed by atoms with E-state index in [4.69, 9.17) is 14.7 Å². The minimum absolute atomic E-state index is 0.116. The number of nitrogens with one attached hydrogen (secondary N) is 1. The summed E-state index contributed by atoms with van der Waals surface area (Å²) in [7, 11) is 3.06. The number of ether oxygens (including phenoxy) is 2. The zero-order valence-electron chi connectivity index (χ0n) is 10.6. The molecule has 6 heteroatoms. The highest BCUT2D eigenvalue weighted by Crippen LogP contribution is 2.25. The molecule has 2 N–H and O–H groups in total. The van der Waals surface area contributed by atoms with Gasteiger partial charge >= 0.3 is 0 Å². The van der Waals surface area contributed by atoms with Crippen molar-refractivity contribution in [2.75, 3.05) is 20.8 Å². The van der Waals surface area contributed by atoms with Crippen molar-refractivity contribution in [3.05, 3.63) is 23.8 Å². The first kappa shape index (κ1) is 13.8. The van der Waals surface area contributed by atoms with E-state index in [2.05, 4.69) is 10.5 Å². The number of rotatable bonds is 5. The molecule has 18 heavy (non-hydrogen) atoms. The molecule has 0 heterocycles. The third kappa shape index (κ3) is 3.38. The predicted octanol–water partition coefficient (Wildman–Crippen LogP) is 1.02. The maximum atomic E-state index is 11.1. The number of carbonyl (C=O) groups is 1. The van der Waals surface area contributed by atoms with Crippen LogP contribution < -0.4 is 14.8 Å². The van der Waals surface area contributed by atoms with Gasteiger partial charge in [0.05, 0.1) is 12.8 Å². The van der Waals surface area contributed by atoms with Gasteiger partial charge in [0.2, 0.25) is 0 Å². The van der Waals surface area contributed by atoms with Gasteiger partial charge < -0.3 is 20.0 Å². The standard InChI is InChI=1S/C12H16N2O4/c1-8(14-16)10-5-4-9(17-3)6-11(10)18-7-12(15)13-2/h4-6,16H,7H2,1-3H3,(H,13,15)/b14-8+. The lowest BCUT2D eigenvalue weighted by atomic mass is 10.1. The van der Waals surface area contributed by atoms with Crippen LogP contribution in [0.25, 0.3) is 0 Å². The van der Waals surface area contributed by atoms with Gasteiger partial charge in [-0.1, -0.05) is 5.16 Å². The van der Waals surface area contributed by atoms with Crippen LogP contribution in [0.5, 0.6) is 11.5 Å². The normalized spacial score (nSPS) is 10.9. The van der Waals surface area contributed by atoms with Crippen molar-refractivity contribution in [2.24, 2.45) is 5.16 Å². The molecule has 0 aromatic heterocycles. The Hall–Kier alpha value is -2.24. The van der Waals surface area contributed by atoms with E-state index in [0.29, 0.717) is 22.8 Å². The number of nitrogens with zero attached hydrogens (tertiary/aromatic N) is 1. The summed E-state index contributed by atoms with van der Waals surface area (Å²) in [6, 6.07) is 5.05. The lowest BCUT2D eigenvalue weighted by Crippen LogP contribution is -2.25. The van der Waals surface area contributed by atoms with Crippen molar-refractivity contribution < 1.29 is 19.5 Å². The van der Waals surface area contributed by atoms with Gasteiger partial charge in [-0.15, -0.1) is 0 Å². The van der Waals surface area contributed by atoms with Crippen molar-refractivity contribution in [3.63, 3.8) is 0 Å². The second-order valence-electron chi connectivity index (χ2n) is 3.51. The van der Waals surface area contributed by atoms with Crippen LogP contribution in [0.4, 0.5) is 0 Å². The number of benzene rings is 1. The number of methoxy groups -OCH3 is 1. The number of likely N-dealkylation sites (N-methyl/N-ethyl adjacent to an activating group) is 1. The van der Waals surface area contributed by atoms with E-state index in [1.54, 1.807) is 25.1 Å². The zero-order chi connectivity index (χ0) is 13.5. The number of oxime groups is 1. The fourth-order valence-corrected chi connectivity index (χ4v) is 1.32. The van der Waals surface area contributed by atoms with E-state index in [1.807, 2.05) is 0 Å². The third-order valence-corrected chi connectivity index (χ3v) is 2.37. The summed E-state index contributed by atoms with van der Waals surface area (Å²) < 4.78 is 10.4. The molecule has 0 atom stereocenters. The number of hydrogen-bond donors (Lipinski definition) is 2. The molecule has 0 aliphatic carbocycles. The minimum Gasteiger partial charge on any atom is -0.497 e. The second-order valence-corrected chi connectivity index (χ2v) is 3.51. The van der Waals surface area contributed by atoms with Gasteiger partial charge in [-0.3, -0.25) is 4.79 Å². The largest absolute Gasteiger partial charge is 0.497 e. The summed E-state index contributed by atoms with van der Waals surface area (Å²) >= 11 is 0. The van der Waals surface area contributed by atoms with Crippen molar-refractivity contribution in [1.29, 1.82) is 0 Å². The second kappa shape index (κ2) is 6.48. The Bertz CT molecular complexity index is 457. The lowest BCUT2D eigenvalue weighted by Gasteiger charge is -2.11. The summed E-state index contributed by atoms with van der Waals surface area (Å²) in [5.74, 6) is 0.770. The molecule has 1 rings (SSSR count). The van der Waals surface area contributed by atoms with Crippen molar-refractivity contribution in [3.8, 4) is 11.5 Å². The molecule has 0 unspecified atom stereocenters. The van der Waals surface area contributed by atoms with Crippen LogP contribution in [0.1, 0.15) is 12.5 Å². The van der Waals surface area contributed by atoms with E-state index in [0.717, 1.165) is 0 Å². The average Bonchev–Trinajstić information content (AvgIpc) is 2.43. The highest BCUT2D eigenvalue weighted by Gasteiger charge is 2.10. The maximum absolute atomic E-state index is 11.1. The van der Waals surface area contributed by atoms with Gasteiger partial charge in [-0.05, 0) is 19.1 Å². The van der Waals surface area contributed by atoms with E-state index < -0.39 is 0 Å². The molecule has 1 amide bonds. The first-order chi connectivity index (χ1) is 8.62. The summed E-state index contributed by atoms with van der Waals surface area (Å²) in [5.41, 5.74) is 0.992. The Labute approximate surface area is 105 Å². The number of amides is 1. The van der Waals surface area contributed by atoms with Crippen LogP contribution in [-0.4, -0.2) is 37.6 Å². The van der Waals surface area contributed by atoms with Gasteiger partial charge in [0.25, 0.3) is 5.91 Å². The molecule has 98 valence electrons. The van der Waals surface area contributed by atoms with Gasteiger partial charge in [-0.25, -0.2) is 0 Å². The quantitative estimate of drug-likeness (QED) is 0.466. The fourth-order valence-electron chi connectivity index (χ4n) is 1.32. The fraction of sp³-hybridized carbons (Fsp3) is 0.333. The summed E-state index contributed by atoms with van der Waals surface area (Å²) in [6.07, 6.45) is 0. The Morgan fingerprint density at radius 3 is 2.78 bits per heavy atom. The number of carbonyl (C=O) groups excluding carboxylic acids is 1. The molecule has 1 aromatic rings. The van der Waals surface area contributed by atoms with Crippen molar-refractivity contribution >= 4 is 11.6 Å². The Balaban J connectivity index is 3.00. The van der Waals surface area contributed by atoms with Gasteiger partial charge in [0.1, 0.15) is 11.5 Å². The van der Waals surface area contributed by atoms with Crippen LogP contribution in [0.15, 0.2) is 23.4 Å². The van der Waals surface area contributed by atoms with Crippen molar-refractivity contribution in [2.45, 2.75) is 6.92 Å². The van der Waals surface area contributed by atoms with E-state index >= 15 is 0 Å². The first-order valence-corrected chi connectivity index (χ1v) is 5.32. The van der Waals surface area contributed by atoms with Gasteiger partial charge in [0, 0.05) is 18.7 Å². The minimum atomic E-state index is -0.248. The molecule has 1 aromatic carbocycles. The topological polar surface area (TPSA) is 80.2 Å². The van der Waals surface area contributed by atoms with Gasteiger partial charge in [-0.2, -0.15) is 0 Å². The van der Waals surface area contributed by atoms with E-state index in [9.17, 15) is 4.79 Å². The van der Waals surface area contributed by atoms with Gasteiger partial charge in [0.15, 0.2) is 6.61 Å². The third-order valence-electron chi connectivity index (χ3n) is 2.37. The molecule has 0 saturated heterocycles. The molecular formula is C12H16N2O4. The molecule has 0 saturated carbocycles. The molecule has 0 fully saturated rings. The highest BCUT2D eigenvalue weighted by atomic mass is 16.5. The van der Waals surface area contributed by atoms with E-state index in [1.165, 1.54) is 14.2 Å². The van der Waals surface area contributed by atoms with Crippen LogP contribution in [0, 0.1) is 0 Å². The monoisotopic (exact) mass is 252 g/mol. The lowest BCUT2D eigenvalue weighted by molar-refractivity contribution is -0.122. The summed E-state index contributed by atoms with van der Waals surface area (Å²) in [4.78, 5) is 11.1. The first-order valence-electron chi connectivity index (χ1n) is 5.32. The SMILES string of the molecule is CNC(=O)COc1cc(OC)ccc1/C(C)=N/O. The Morgan fingerprint density at radius 2 is 2.22 bits per heavy atom. The predicted molar refractivity (Wildman–Crippen MR) is 66.6 cm³/mol. The molecule has 6 nitrogen and oxygen atoms in total. The summed E-state index contributed by atoms with van der Waals surface area (Å²) in [6.45, 7) is 1.52. The smallest absolute Gasteiger partial charge is 0.257 e. The van der Waals surface area contributed by atoms with Crippen molar-refractivity contribution in [1.82, 2.24) is 5.32 Å². The Kier molecular flexibility index (Phi) is 4.98. The maximum Gasteiger partial charge on any atom is 0.257 e.